The van der Waals surface area contributed by atoms with E-state index in [4.69, 9.17) is 4.74 Å². The molecule has 9 heteroatoms. The number of carbonyl (C=O) groups excluding carboxylic acids is 2. The molecule has 2 unspecified atom stereocenters. The van der Waals surface area contributed by atoms with Crippen LogP contribution in [0.5, 0.6) is 0 Å². The van der Waals surface area contributed by atoms with Gasteiger partial charge in [-0.25, -0.2) is 11.0 Å². The third kappa shape index (κ3) is 10.3. The van der Waals surface area contributed by atoms with Gasteiger partial charge in [-0.2, -0.15) is 0 Å². The summed E-state index contributed by atoms with van der Waals surface area (Å²) in [5.41, 5.74) is 4.59. The van der Waals surface area contributed by atoms with Gasteiger partial charge in [-0.3, -0.25) is 19.3 Å². The van der Waals surface area contributed by atoms with Crippen LogP contribution in [0, 0.1) is 0 Å². The lowest BCUT2D eigenvalue weighted by Gasteiger charge is -2.24. The predicted octanol–water partition coefficient (Wildman–Crippen LogP) is 1.69. The van der Waals surface area contributed by atoms with Crippen molar-refractivity contribution < 1.29 is 24.0 Å². The van der Waals surface area contributed by atoms with E-state index in [9.17, 15) is 9.59 Å². The molecule has 0 rings (SSSR count). The minimum atomic E-state index is -0.184. The standard InChI is InChI=1S/C13H26N2O5S2/c1-5-10(20-6-2)11(9-13(17)15-19-4)22-21-8-7-12(16)14-18-3/h10-11H,5-9H2,1-4H3,(H,14,16)(H,15,17). The summed E-state index contributed by atoms with van der Waals surface area (Å²) in [6, 6.07) is 0. The number of ether oxygens (including phenoxy) is 1. The number of hydrogen-bond acceptors (Lipinski definition) is 7. The molecular formula is C13H26N2O5S2. The van der Waals surface area contributed by atoms with Crippen LogP contribution in [0.25, 0.3) is 0 Å². The third-order valence-electron chi connectivity index (χ3n) is 2.62. The summed E-state index contributed by atoms with van der Waals surface area (Å²) in [4.78, 5) is 32.2. The van der Waals surface area contributed by atoms with Crippen molar-refractivity contribution in [1.82, 2.24) is 11.0 Å². The summed E-state index contributed by atoms with van der Waals surface area (Å²) in [5, 5.41) is -0.00409. The quantitative estimate of drug-likeness (QED) is 0.296. The molecule has 130 valence electrons. The smallest absolute Gasteiger partial charge is 0.244 e. The minimum Gasteiger partial charge on any atom is -0.377 e. The molecule has 0 aliphatic carbocycles. The second-order valence-electron chi connectivity index (χ2n) is 4.27. The van der Waals surface area contributed by atoms with Gasteiger partial charge in [0.1, 0.15) is 0 Å². The first-order chi connectivity index (χ1) is 10.6. The van der Waals surface area contributed by atoms with E-state index in [1.54, 1.807) is 21.6 Å². The highest BCUT2D eigenvalue weighted by atomic mass is 33.1. The lowest BCUT2D eigenvalue weighted by atomic mass is 10.1. The first-order valence-corrected chi connectivity index (χ1v) is 9.50. The lowest BCUT2D eigenvalue weighted by Crippen LogP contribution is -2.32. The fraction of sp³-hybridized carbons (Fsp3) is 0.846. The van der Waals surface area contributed by atoms with Gasteiger partial charge in [0, 0.05) is 25.2 Å². The Balaban J connectivity index is 4.32. The first-order valence-electron chi connectivity index (χ1n) is 7.12. The van der Waals surface area contributed by atoms with E-state index in [-0.39, 0.29) is 23.2 Å². The number of nitrogens with one attached hydrogen (secondary N) is 2. The van der Waals surface area contributed by atoms with E-state index in [0.717, 1.165) is 6.42 Å². The van der Waals surface area contributed by atoms with Crippen LogP contribution < -0.4 is 11.0 Å². The molecule has 7 nitrogen and oxygen atoms in total. The fourth-order valence-electron chi connectivity index (χ4n) is 1.70. The van der Waals surface area contributed by atoms with Gasteiger partial charge in [-0.1, -0.05) is 28.5 Å². The third-order valence-corrected chi connectivity index (χ3v) is 5.49. The van der Waals surface area contributed by atoms with Crippen LogP contribution in [0.2, 0.25) is 0 Å². The SMILES string of the molecule is CCOC(CC)C(CC(=O)NOC)SSCCC(=O)NOC. The summed E-state index contributed by atoms with van der Waals surface area (Å²) < 4.78 is 5.69. The van der Waals surface area contributed by atoms with Gasteiger partial charge in [0.05, 0.1) is 25.6 Å². The van der Waals surface area contributed by atoms with Crippen molar-refractivity contribution in [2.24, 2.45) is 0 Å². The normalized spacial score (nSPS) is 13.5. The Kier molecular flexibility index (Phi) is 13.8. The van der Waals surface area contributed by atoms with Gasteiger partial charge in [-0.15, -0.1) is 0 Å². The zero-order valence-corrected chi connectivity index (χ0v) is 15.2. The van der Waals surface area contributed by atoms with E-state index >= 15 is 0 Å². The molecule has 0 saturated carbocycles. The van der Waals surface area contributed by atoms with Crippen LogP contribution in [0.15, 0.2) is 0 Å². The van der Waals surface area contributed by atoms with Gasteiger partial charge >= 0.3 is 0 Å². The van der Waals surface area contributed by atoms with Crippen molar-refractivity contribution in [2.45, 2.75) is 44.5 Å². The fourth-order valence-corrected chi connectivity index (χ4v) is 4.50. The van der Waals surface area contributed by atoms with Crippen LogP contribution in [-0.2, 0) is 24.0 Å². The Labute approximate surface area is 139 Å². The number of amides is 2. The van der Waals surface area contributed by atoms with Crippen LogP contribution in [-0.4, -0.2) is 49.7 Å². The molecule has 0 aromatic heterocycles. The average molecular weight is 354 g/mol. The van der Waals surface area contributed by atoms with Gasteiger partial charge < -0.3 is 4.74 Å². The Morgan fingerprint density at radius 3 is 2.27 bits per heavy atom. The number of hydroxylamine groups is 2. The number of carbonyl (C=O) groups is 2. The van der Waals surface area contributed by atoms with Gasteiger partial charge in [0.25, 0.3) is 0 Å². The molecule has 0 aliphatic rings. The molecule has 0 heterocycles. The summed E-state index contributed by atoms with van der Waals surface area (Å²) >= 11 is 0. The Bertz CT molecular complexity index is 321. The zero-order valence-electron chi connectivity index (χ0n) is 13.5. The van der Waals surface area contributed by atoms with Crippen molar-refractivity contribution in [1.29, 1.82) is 0 Å². The van der Waals surface area contributed by atoms with E-state index in [2.05, 4.69) is 20.6 Å². The maximum absolute atomic E-state index is 11.7. The minimum absolute atomic E-state index is 0.00409. The zero-order chi connectivity index (χ0) is 16.8. The maximum Gasteiger partial charge on any atom is 0.244 e. The molecule has 0 fully saturated rings. The number of hydrogen-bond donors (Lipinski definition) is 2. The average Bonchev–Trinajstić information content (AvgIpc) is 2.48. The predicted molar refractivity (Wildman–Crippen MR) is 89.1 cm³/mol. The van der Waals surface area contributed by atoms with Crippen LogP contribution >= 0.6 is 21.6 Å². The molecule has 2 atom stereocenters. The largest absolute Gasteiger partial charge is 0.377 e. The Morgan fingerprint density at radius 1 is 1.09 bits per heavy atom. The second-order valence-corrected chi connectivity index (χ2v) is 7.00. The molecule has 22 heavy (non-hydrogen) atoms. The van der Waals surface area contributed by atoms with E-state index in [0.29, 0.717) is 25.2 Å². The summed E-state index contributed by atoms with van der Waals surface area (Å²) in [5.74, 6) is 0.280. The van der Waals surface area contributed by atoms with Crippen molar-refractivity contribution in [2.75, 3.05) is 26.6 Å². The van der Waals surface area contributed by atoms with Crippen molar-refractivity contribution >= 4 is 33.4 Å². The molecule has 0 saturated heterocycles. The highest BCUT2D eigenvalue weighted by Gasteiger charge is 2.24. The number of rotatable bonds is 13. The van der Waals surface area contributed by atoms with E-state index < -0.39 is 0 Å². The molecule has 0 bridgehead atoms. The van der Waals surface area contributed by atoms with Crippen LogP contribution in [0.4, 0.5) is 0 Å². The monoisotopic (exact) mass is 354 g/mol. The molecule has 2 amide bonds. The van der Waals surface area contributed by atoms with Crippen molar-refractivity contribution in [3.05, 3.63) is 0 Å². The molecular weight excluding hydrogens is 328 g/mol. The van der Waals surface area contributed by atoms with Crippen molar-refractivity contribution in [3.8, 4) is 0 Å². The van der Waals surface area contributed by atoms with Crippen molar-refractivity contribution in [3.63, 3.8) is 0 Å². The molecule has 2 N–H and O–H groups in total. The highest BCUT2D eigenvalue weighted by Crippen LogP contribution is 2.33. The van der Waals surface area contributed by atoms with Crippen LogP contribution in [0.3, 0.4) is 0 Å². The Hall–Kier alpha value is -0.480. The van der Waals surface area contributed by atoms with Crippen LogP contribution in [0.1, 0.15) is 33.1 Å². The van der Waals surface area contributed by atoms with Gasteiger partial charge in [-0.05, 0) is 13.3 Å². The van der Waals surface area contributed by atoms with Gasteiger partial charge in [0.15, 0.2) is 0 Å². The summed E-state index contributed by atoms with van der Waals surface area (Å²) in [6.07, 6.45) is 1.46. The summed E-state index contributed by atoms with van der Waals surface area (Å²) in [7, 11) is 5.91. The topological polar surface area (TPSA) is 85.9 Å². The molecule has 0 aliphatic heterocycles. The Morgan fingerprint density at radius 2 is 1.73 bits per heavy atom. The second kappa shape index (κ2) is 14.1. The maximum atomic E-state index is 11.7. The van der Waals surface area contributed by atoms with E-state index in [1.165, 1.54) is 14.2 Å². The first kappa shape index (κ1) is 21.5. The molecule has 0 aromatic carbocycles. The molecule has 0 aromatic rings. The lowest BCUT2D eigenvalue weighted by molar-refractivity contribution is -0.132. The summed E-state index contributed by atoms with van der Waals surface area (Å²) in [6.45, 7) is 4.56. The van der Waals surface area contributed by atoms with E-state index in [1.807, 2.05) is 13.8 Å². The highest BCUT2D eigenvalue weighted by molar-refractivity contribution is 8.77. The molecule has 0 spiro atoms. The molecule has 0 radical (unpaired) electrons. The van der Waals surface area contributed by atoms with Gasteiger partial charge in [0.2, 0.25) is 11.8 Å².